The second kappa shape index (κ2) is 3.94. The van der Waals surface area contributed by atoms with Crippen LogP contribution in [0.5, 0.6) is 0 Å². The molecule has 1 aliphatic rings. The molecule has 0 spiro atoms. The number of amidine groups is 1. The van der Waals surface area contributed by atoms with E-state index in [-0.39, 0.29) is 12.4 Å². The quantitative estimate of drug-likeness (QED) is 0.392. The van der Waals surface area contributed by atoms with Gasteiger partial charge in [0.05, 0.1) is 12.1 Å². The summed E-state index contributed by atoms with van der Waals surface area (Å²) < 4.78 is 0. The maximum atomic E-state index is 9.23. The van der Waals surface area contributed by atoms with E-state index in [1.165, 1.54) is 4.90 Å². The Labute approximate surface area is 76.7 Å². The number of aliphatic hydroxyl groups excluding tert-OH is 1. The van der Waals surface area contributed by atoms with Crippen molar-refractivity contribution in [3.8, 4) is 11.8 Å². The summed E-state index contributed by atoms with van der Waals surface area (Å²) in [4.78, 5) is 5.27. The minimum atomic E-state index is -0.913. The molecule has 1 rings (SSSR count). The highest BCUT2D eigenvalue weighted by atomic mass is 16.3. The van der Waals surface area contributed by atoms with Gasteiger partial charge >= 0.3 is 0 Å². The first-order chi connectivity index (χ1) is 6.15. The molecule has 5 heteroatoms. The maximum Gasteiger partial charge on any atom is 0.227 e. The van der Waals surface area contributed by atoms with Gasteiger partial charge in [-0.15, -0.1) is 0 Å². The fraction of sp³-hybridized carbons (Fsp3) is 0.375. The number of hydrogen-bond acceptors (Lipinski definition) is 5. The van der Waals surface area contributed by atoms with Crippen molar-refractivity contribution in [2.75, 3.05) is 13.6 Å². The third-order valence-electron chi connectivity index (χ3n) is 1.55. The number of rotatable bonds is 0. The van der Waals surface area contributed by atoms with E-state index in [1.54, 1.807) is 13.2 Å². The minimum Gasteiger partial charge on any atom is -0.383 e. The largest absolute Gasteiger partial charge is 0.383 e. The van der Waals surface area contributed by atoms with Crippen LogP contribution < -0.4 is 11.5 Å². The van der Waals surface area contributed by atoms with Crippen LogP contribution in [0, 0.1) is 11.8 Å². The van der Waals surface area contributed by atoms with E-state index in [2.05, 4.69) is 16.8 Å². The Hall–Kier alpha value is -1.51. The van der Waals surface area contributed by atoms with Gasteiger partial charge in [0.15, 0.2) is 0 Å². The smallest absolute Gasteiger partial charge is 0.227 e. The van der Waals surface area contributed by atoms with Crippen molar-refractivity contribution in [2.24, 2.45) is 16.5 Å². The molecule has 5 N–H and O–H groups in total. The van der Waals surface area contributed by atoms with Crippen molar-refractivity contribution in [3.63, 3.8) is 0 Å². The van der Waals surface area contributed by atoms with E-state index in [1.807, 2.05) is 0 Å². The molecule has 0 saturated carbocycles. The Balaban J connectivity index is 2.86. The Bertz CT molecular complexity index is 310. The molecule has 5 nitrogen and oxygen atoms in total. The summed E-state index contributed by atoms with van der Waals surface area (Å²) in [5.41, 5.74) is 11.3. The summed E-state index contributed by atoms with van der Waals surface area (Å²) in [6.45, 7) is 0.275. The van der Waals surface area contributed by atoms with Gasteiger partial charge in [0.1, 0.15) is 5.84 Å². The molecule has 1 aliphatic heterocycles. The van der Waals surface area contributed by atoms with Gasteiger partial charge in [-0.3, -0.25) is 0 Å². The summed E-state index contributed by atoms with van der Waals surface area (Å²) in [6, 6.07) is 0. The van der Waals surface area contributed by atoms with Crippen LogP contribution in [0.1, 0.15) is 0 Å². The SMILES string of the molecule is CN1C=C(C#CCN)C(N)=NC1O. The Morgan fingerprint density at radius 2 is 2.46 bits per heavy atom. The van der Waals surface area contributed by atoms with Crippen molar-refractivity contribution >= 4 is 5.84 Å². The van der Waals surface area contributed by atoms with E-state index >= 15 is 0 Å². The summed E-state index contributed by atoms with van der Waals surface area (Å²) in [7, 11) is 1.69. The lowest BCUT2D eigenvalue weighted by molar-refractivity contribution is 0.0612. The summed E-state index contributed by atoms with van der Waals surface area (Å²) in [6.07, 6.45) is 0.721. The molecule has 1 atom stereocenters. The third-order valence-corrected chi connectivity index (χ3v) is 1.55. The Morgan fingerprint density at radius 3 is 3.08 bits per heavy atom. The normalized spacial score (nSPS) is 21.5. The number of nitrogens with two attached hydrogens (primary N) is 2. The van der Waals surface area contributed by atoms with Gasteiger partial charge in [-0.1, -0.05) is 11.8 Å². The van der Waals surface area contributed by atoms with Gasteiger partial charge in [-0.2, -0.15) is 0 Å². The topological polar surface area (TPSA) is 87.9 Å². The molecule has 1 heterocycles. The number of aliphatic hydroxyl groups is 1. The third kappa shape index (κ3) is 2.21. The molecule has 0 bridgehead atoms. The zero-order valence-corrected chi connectivity index (χ0v) is 7.36. The van der Waals surface area contributed by atoms with Crippen molar-refractivity contribution in [1.82, 2.24) is 4.90 Å². The molecule has 70 valence electrons. The average molecular weight is 180 g/mol. The van der Waals surface area contributed by atoms with E-state index in [0.29, 0.717) is 5.57 Å². The number of hydrogen-bond donors (Lipinski definition) is 3. The van der Waals surface area contributed by atoms with Crippen molar-refractivity contribution in [3.05, 3.63) is 11.8 Å². The zero-order chi connectivity index (χ0) is 9.84. The van der Waals surface area contributed by atoms with Crippen LogP contribution in [0.25, 0.3) is 0 Å². The first-order valence-electron chi connectivity index (χ1n) is 3.79. The molecule has 0 aromatic carbocycles. The van der Waals surface area contributed by atoms with E-state index in [4.69, 9.17) is 11.5 Å². The molecule has 0 radical (unpaired) electrons. The molecular formula is C8H12N4O. The lowest BCUT2D eigenvalue weighted by Gasteiger charge is -2.23. The second-order valence-electron chi connectivity index (χ2n) is 2.57. The fourth-order valence-electron chi connectivity index (χ4n) is 0.864. The molecule has 0 amide bonds. The predicted octanol–water partition coefficient (Wildman–Crippen LogP) is -1.59. The van der Waals surface area contributed by atoms with Gasteiger partial charge in [0.25, 0.3) is 0 Å². The highest BCUT2D eigenvalue weighted by Gasteiger charge is 2.14. The fourth-order valence-corrected chi connectivity index (χ4v) is 0.864. The first-order valence-corrected chi connectivity index (χ1v) is 3.79. The number of aliphatic imine (C=N–C) groups is 1. The standard InChI is InChI=1S/C8H12N4O/c1-12-5-6(3-2-4-9)7(10)11-8(12)13/h5,8,13H,4,9H2,1H3,(H2,10,11). The molecule has 0 fully saturated rings. The van der Waals surface area contributed by atoms with E-state index in [9.17, 15) is 5.11 Å². The molecule has 0 aromatic heterocycles. The minimum absolute atomic E-state index is 0.242. The van der Waals surface area contributed by atoms with Gasteiger partial charge in [0, 0.05) is 13.2 Å². The molecule has 13 heavy (non-hydrogen) atoms. The van der Waals surface area contributed by atoms with Crippen molar-refractivity contribution < 1.29 is 5.11 Å². The molecule has 0 aliphatic carbocycles. The van der Waals surface area contributed by atoms with E-state index in [0.717, 1.165) is 0 Å². The highest BCUT2D eigenvalue weighted by molar-refractivity contribution is 6.01. The summed E-state index contributed by atoms with van der Waals surface area (Å²) in [5.74, 6) is 5.67. The van der Waals surface area contributed by atoms with Crippen LogP contribution in [0.15, 0.2) is 16.8 Å². The highest BCUT2D eigenvalue weighted by Crippen LogP contribution is 2.07. The monoisotopic (exact) mass is 180 g/mol. The Morgan fingerprint density at radius 1 is 1.77 bits per heavy atom. The van der Waals surface area contributed by atoms with Crippen LogP contribution in [0.2, 0.25) is 0 Å². The summed E-state index contributed by atoms with van der Waals surface area (Å²) >= 11 is 0. The van der Waals surface area contributed by atoms with Crippen molar-refractivity contribution in [1.29, 1.82) is 0 Å². The van der Waals surface area contributed by atoms with Crippen LogP contribution in [-0.4, -0.2) is 35.8 Å². The van der Waals surface area contributed by atoms with Gasteiger partial charge in [-0.05, 0) is 0 Å². The Kier molecular flexibility index (Phi) is 2.90. The lowest BCUT2D eigenvalue weighted by Crippen LogP contribution is -2.33. The lowest BCUT2D eigenvalue weighted by atomic mass is 10.2. The van der Waals surface area contributed by atoms with Crippen LogP contribution in [-0.2, 0) is 0 Å². The molecule has 0 saturated heterocycles. The predicted molar refractivity (Wildman–Crippen MR) is 50.3 cm³/mol. The number of nitrogens with zero attached hydrogens (tertiary/aromatic N) is 2. The molecule has 1 unspecified atom stereocenters. The second-order valence-corrected chi connectivity index (χ2v) is 2.57. The van der Waals surface area contributed by atoms with Gasteiger partial charge < -0.3 is 21.5 Å². The average Bonchev–Trinajstić information content (AvgIpc) is 2.09. The molecule has 0 aromatic rings. The first kappa shape index (κ1) is 9.58. The van der Waals surface area contributed by atoms with Crippen LogP contribution in [0.4, 0.5) is 0 Å². The molecular weight excluding hydrogens is 168 g/mol. The van der Waals surface area contributed by atoms with Gasteiger partial charge in [-0.25, -0.2) is 4.99 Å². The zero-order valence-electron chi connectivity index (χ0n) is 7.36. The van der Waals surface area contributed by atoms with Gasteiger partial charge in [0.2, 0.25) is 6.35 Å². The van der Waals surface area contributed by atoms with Crippen molar-refractivity contribution in [2.45, 2.75) is 6.35 Å². The van der Waals surface area contributed by atoms with Crippen LogP contribution in [0.3, 0.4) is 0 Å². The maximum absolute atomic E-state index is 9.23. The van der Waals surface area contributed by atoms with E-state index < -0.39 is 6.35 Å². The van der Waals surface area contributed by atoms with Crippen LogP contribution >= 0.6 is 0 Å². The summed E-state index contributed by atoms with van der Waals surface area (Å²) in [5, 5.41) is 9.23.